The van der Waals surface area contributed by atoms with Gasteiger partial charge in [0.2, 0.25) is 6.54 Å². The van der Waals surface area contributed by atoms with E-state index in [1.807, 2.05) is 12.2 Å². The van der Waals surface area contributed by atoms with Gasteiger partial charge in [0.05, 0.1) is 0 Å². The van der Waals surface area contributed by atoms with Crippen LogP contribution in [0.2, 0.25) is 0 Å². The Morgan fingerprint density at radius 1 is 1.40 bits per heavy atom. The summed E-state index contributed by atoms with van der Waals surface area (Å²) in [5, 5.41) is 10.4. The van der Waals surface area contributed by atoms with Crippen LogP contribution in [0, 0.1) is 27.4 Å². The van der Waals surface area contributed by atoms with Crippen molar-refractivity contribution in [2.75, 3.05) is 6.54 Å². The van der Waals surface area contributed by atoms with E-state index in [-0.39, 0.29) is 16.9 Å². The van der Waals surface area contributed by atoms with Crippen molar-refractivity contribution in [3.05, 3.63) is 35.4 Å². The molecule has 1 fully saturated rings. The standard InChI is InChI=1S/C12H19NO2/c1-4-10-6-7-11(5-2)12(10,3)8-9-13(14)15/h4-5,10-11H,1-2,6-9H2,3H3/t10-,11-/m0/s1. The van der Waals surface area contributed by atoms with E-state index in [0.29, 0.717) is 18.3 Å². The third-order valence-corrected chi connectivity index (χ3v) is 3.88. The van der Waals surface area contributed by atoms with Gasteiger partial charge in [-0.05, 0) is 30.1 Å². The fourth-order valence-corrected chi connectivity index (χ4v) is 2.77. The maximum Gasteiger partial charge on any atom is 0.204 e. The van der Waals surface area contributed by atoms with E-state index >= 15 is 0 Å². The molecule has 1 aliphatic rings. The first-order valence-corrected chi connectivity index (χ1v) is 5.41. The summed E-state index contributed by atoms with van der Waals surface area (Å²) >= 11 is 0. The molecule has 3 heteroatoms. The van der Waals surface area contributed by atoms with Gasteiger partial charge in [0.25, 0.3) is 0 Å². The molecule has 0 aliphatic heterocycles. The topological polar surface area (TPSA) is 43.1 Å². The third kappa shape index (κ3) is 2.28. The van der Waals surface area contributed by atoms with Gasteiger partial charge in [-0.15, -0.1) is 13.2 Å². The van der Waals surface area contributed by atoms with Crippen LogP contribution in [0.4, 0.5) is 0 Å². The van der Waals surface area contributed by atoms with Gasteiger partial charge >= 0.3 is 0 Å². The molecule has 0 aromatic rings. The number of allylic oxidation sites excluding steroid dienone is 2. The highest BCUT2D eigenvalue weighted by Gasteiger charge is 2.44. The normalized spacial score (nSPS) is 28.6. The molecule has 0 amide bonds. The first-order chi connectivity index (χ1) is 7.04. The van der Waals surface area contributed by atoms with Gasteiger partial charge in [-0.3, -0.25) is 10.1 Å². The lowest BCUT2D eigenvalue weighted by Gasteiger charge is -2.33. The molecule has 3 nitrogen and oxygen atoms in total. The van der Waals surface area contributed by atoms with Crippen LogP contribution in [-0.2, 0) is 0 Å². The summed E-state index contributed by atoms with van der Waals surface area (Å²) in [6.45, 7) is 9.83. The molecule has 0 spiro atoms. The highest BCUT2D eigenvalue weighted by atomic mass is 16.6. The molecule has 0 saturated heterocycles. The third-order valence-electron chi connectivity index (χ3n) is 3.88. The molecule has 1 saturated carbocycles. The Morgan fingerprint density at radius 3 is 2.20 bits per heavy atom. The Balaban J connectivity index is 2.77. The first-order valence-electron chi connectivity index (χ1n) is 5.41. The molecule has 1 rings (SSSR count). The zero-order chi connectivity index (χ0) is 11.5. The van der Waals surface area contributed by atoms with Crippen molar-refractivity contribution in [1.29, 1.82) is 0 Å². The predicted octanol–water partition coefficient (Wildman–Crippen LogP) is 3.06. The lowest BCUT2D eigenvalue weighted by atomic mass is 9.71. The van der Waals surface area contributed by atoms with Crippen molar-refractivity contribution in [2.45, 2.75) is 26.2 Å². The van der Waals surface area contributed by atoms with Crippen molar-refractivity contribution < 1.29 is 4.92 Å². The number of rotatable bonds is 5. The number of hydrogen-bond donors (Lipinski definition) is 0. The van der Waals surface area contributed by atoms with Gasteiger partial charge in [0, 0.05) is 11.3 Å². The molecule has 0 unspecified atom stereocenters. The molecule has 0 aromatic heterocycles. The fourth-order valence-electron chi connectivity index (χ4n) is 2.77. The molecular formula is C12H19NO2. The van der Waals surface area contributed by atoms with E-state index in [1.54, 1.807) is 0 Å². The second kappa shape index (κ2) is 4.60. The second-order valence-corrected chi connectivity index (χ2v) is 4.57. The molecule has 15 heavy (non-hydrogen) atoms. The summed E-state index contributed by atoms with van der Waals surface area (Å²) < 4.78 is 0. The van der Waals surface area contributed by atoms with Crippen molar-refractivity contribution >= 4 is 0 Å². The van der Waals surface area contributed by atoms with E-state index < -0.39 is 0 Å². The molecule has 1 aliphatic carbocycles. The molecule has 2 atom stereocenters. The zero-order valence-electron chi connectivity index (χ0n) is 9.32. The van der Waals surface area contributed by atoms with Gasteiger partial charge < -0.3 is 0 Å². The predicted molar refractivity (Wildman–Crippen MR) is 61.2 cm³/mol. The van der Waals surface area contributed by atoms with E-state index in [1.165, 1.54) is 0 Å². The van der Waals surface area contributed by atoms with Crippen LogP contribution in [0.1, 0.15) is 26.2 Å². The molecule has 0 N–H and O–H groups in total. The summed E-state index contributed by atoms with van der Waals surface area (Å²) in [4.78, 5) is 10.2. The van der Waals surface area contributed by atoms with Crippen molar-refractivity contribution in [2.24, 2.45) is 17.3 Å². The average molecular weight is 209 g/mol. The van der Waals surface area contributed by atoms with Crippen molar-refractivity contribution in [3.63, 3.8) is 0 Å². The van der Waals surface area contributed by atoms with Crippen LogP contribution in [-0.4, -0.2) is 11.5 Å². The number of nitrogens with zero attached hydrogens (tertiary/aromatic N) is 1. The van der Waals surface area contributed by atoms with Gasteiger partial charge in [0.15, 0.2) is 0 Å². The minimum absolute atomic E-state index is 0.0173. The van der Waals surface area contributed by atoms with Gasteiger partial charge in [-0.25, -0.2) is 0 Å². The maximum atomic E-state index is 10.4. The monoisotopic (exact) mass is 209 g/mol. The van der Waals surface area contributed by atoms with Crippen LogP contribution in [0.5, 0.6) is 0 Å². The van der Waals surface area contributed by atoms with E-state index in [9.17, 15) is 10.1 Å². The maximum absolute atomic E-state index is 10.4. The molecule has 0 aromatic carbocycles. The Bertz CT molecular complexity index is 257. The van der Waals surface area contributed by atoms with Crippen molar-refractivity contribution in [1.82, 2.24) is 0 Å². The largest absolute Gasteiger partial charge is 0.265 e. The Kier molecular flexibility index (Phi) is 3.66. The van der Waals surface area contributed by atoms with Crippen LogP contribution >= 0.6 is 0 Å². The quantitative estimate of drug-likeness (QED) is 0.397. The Hall–Kier alpha value is -1.12. The van der Waals surface area contributed by atoms with E-state index in [4.69, 9.17) is 0 Å². The second-order valence-electron chi connectivity index (χ2n) is 4.57. The molecule has 0 radical (unpaired) electrons. The van der Waals surface area contributed by atoms with Crippen LogP contribution in [0.15, 0.2) is 25.3 Å². The van der Waals surface area contributed by atoms with E-state index in [0.717, 1.165) is 12.8 Å². The minimum atomic E-state index is -0.232. The molecule has 84 valence electrons. The van der Waals surface area contributed by atoms with Crippen LogP contribution < -0.4 is 0 Å². The summed E-state index contributed by atoms with van der Waals surface area (Å²) in [7, 11) is 0. The Labute approximate surface area is 91.0 Å². The highest BCUT2D eigenvalue weighted by Crippen LogP contribution is 2.50. The summed E-state index contributed by atoms with van der Waals surface area (Å²) in [5.41, 5.74) is -0.0173. The highest BCUT2D eigenvalue weighted by molar-refractivity contribution is 5.06. The van der Waals surface area contributed by atoms with Gasteiger partial charge in [-0.2, -0.15) is 0 Å². The fraction of sp³-hybridized carbons (Fsp3) is 0.667. The van der Waals surface area contributed by atoms with E-state index in [2.05, 4.69) is 20.1 Å². The lowest BCUT2D eigenvalue weighted by molar-refractivity contribution is -0.483. The summed E-state index contributed by atoms with van der Waals surface area (Å²) in [6.07, 6.45) is 6.67. The number of nitro groups is 1. The minimum Gasteiger partial charge on any atom is -0.265 e. The lowest BCUT2D eigenvalue weighted by Crippen LogP contribution is -2.29. The van der Waals surface area contributed by atoms with Gasteiger partial charge in [-0.1, -0.05) is 19.1 Å². The number of hydrogen-bond acceptors (Lipinski definition) is 2. The summed E-state index contributed by atoms with van der Waals surface area (Å²) in [6, 6.07) is 0. The van der Waals surface area contributed by atoms with Crippen LogP contribution in [0.25, 0.3) is 0 Å². The van der Waals surface area contributed by atoms with Gasteiger partial charge in [0.1, 0.15) is 0 Å². The SMILES string of the molecule is C=C[C@H]1CC[C@H](C=C)C1(C)CC[N+](=O)[O-]. The van der Waals surface area contributed by atoms with Crippen LogP contribution in [0.3, 0.4) is 0 Å². The molecule has 0 heterocycles. The average Bonchev–Trinajstić information content (AvgIpc) is 2.52. The van der Waals surface area contributed by atoms with Crippen molar-refractivity contribution in [3.8, 4) is 0 Å². The molecular weight excluding hydrogens is 190 g/mol. The Morgan fingerprint density at radius 2 is 1.87 bits per heavy atom. The smallest absolute Gasteiger partial charge is 0.204 e. The zero-order valence-corrected chi connectivity index (χ0v) is 9.32. The molecule has 0 bridgehead atoms. The summed E-state index contributed by atoms with van der Waals surface area (Å²) in [5.74, 6) is 0.779. The first kappa shape index (κ1) is 12.0.